The second kappa shape index (κ2) is 10.5. The molecule has 0 atom stereocenters. The summed E-state index contributed by atoms with van der Waals surface area (Å²) in [5.74, 6) is 0.815. The third-order valence-electron chi connectivity index (χ3n) is 6.10. The van der Waals surface area contributed by atoms with E-state index in [1.807, 2.05) is 0 Å². The lowest BCUT2D eigenvalue weighted by Crippen LogP contribution is -2.20. The van der Waals surface area contributed by atoms with E-state index in [0.717, 1.165) is 79.2 Å². The van der Waals surface area contributed by atoms with Gasteiger partial charge in [-0.25, -0.2) is 0 Å². The zero-order valence-corrected chi connectivity index (χ0v) is 18.9. The third-order valence-corrected chi connectivity index (χ3v) is 7.98. The van der Waals surface area contributed by atoms with Crippen molar-refractivity contribution >= 4 is 39.5 Å². The van der Waals surface area contributed by atoms with Gasteiger partial charge < -0.3 is 5.32 Å². The van der Waals surface area contributed by atoms with Crippen LogP contribution in [0.25, 0.3) is 0 Å². The molecule has 9 heteroatoms. The fourth-order valence-corrected chi connectivity index (χ4v) is 6.04. The van der Waals surface area contributed by atoms with Crippen molar-refractivity contribution in [3.8, 4) is 0 Å². The van der Waals surface area contributed by atoms with Crippen LogP contribution in [0.3, 0.4) is 0 Å². The van der Waals surface area contributed by atoms with Crippen molar-refractivity contribution in [3.05, 3.63) is 15.0 Å². The number of ketones is 1. The normalized spacial score (nSPS) is 17.6. The van der Waals surface area contributed by atoms with E-state index in [4.69, 9.17) is 0 Å². The fraction of sp³-hybridized carbons (Fsp3) is 0.714. The van der Waals surface area contributed by atoms with Crippen LogP contribution in [0.4, 0.5) is 5.13 Å². The summed E-state index contributed by atoms with van der Waals surface area (Å²) < 4.78 is 0. The van der Waals surface area contributed by atoms with Crippen LogP contribution >= 0.6 is 22.7 Å². The molecule has 0 radical (unpaired) electrons. The number of hydrogen-bond donors (Lipinski definition) is 1. The van der Waals surface area contributed by atoms with Gasteiger partial charge in [-0.3, -0.25) is 9.59 Å². The highest BCUT2D eigenvalue weighted by Crippen LogP contribution is 2.28. The maximum absolute atomic E-state index is 12.3. The number of aromatic nitrogens is 4. The molecular weight excluding hydrogens is 418 g/mol. The van der Waals surface area contributed by atoms with E-state index in [-0.39, 0.29) is 17.7 Å². The van der Waals surface area contributed by atoms with Crippen LogP contribution in [0.1, 0.15) is 79.2 Å². The minimum absolute atomic E-state index is 0.0914. The first-order valence-electron chi connectivity index (χ1n) is 11.1. The number of carbonyl (C=O) groups excluding carboxylic acids is 2. The Morgan fingerprint density at radius 2 is 1.33 bits per heavy atom. The first-order valence-corrected chi connectivity index (χ1v) is 12.8. The first-order chi connectivity index (χ1) is 14.7. The Hall–Kier alpha value is -1.74. The summed E-state index contributed by atoms with van der Waals surface area (Å²) in [7, 11) is 0. The molecule has 1 N–H and O–H groups in total. The van der Waals surface area contributed by atoms with Crippen molar-refractivity contribution in [2.24, 2.45) is 11.8 Å². The van der Waals surface area contributed by atoms with Crippen molar-refractivity contribution in [2.45, 2.75) is 83.5 Å². The van der Waals surface area contributed by atoms with Crippen LogP contribution in [0.5, 0.6) is 0 Å². The molecule has 2 aliphatic rings. The van der Waals surface area contributed by atoms with Gasteiger partial charge in [-0.2, -0.15) is 0 Å². The summed E-state index contributed by atoms with van der Waals surface area (Å²) in [6, 6.07) is 0. The molecule has 0 bridgehead atoms. The molecule has 0 saturated heterocycles. The van der Waals surface area contributed by atoms with Crippen molar-refractivity contribution in [3.63, 3.8) is 0 Å². The molecule has 2 saturated carbocycles. The van der Waals surface area contributed by atoms with Crippen LogP contribution < -0.4 is 5.32 Å². The molecule has 30 heavy (non-hydrogen) atoms. The van der Waals surface area contributed by atoms with Crippen molar-refractivity contribution in [1.29, 1.82) is 0 Å². The number of unbranched alkanes of at least 4 members (excludes halogenated alkanes) is 1. The molecule has 1 amide bonds. The summed E-state index contributed by atoms with van der Waals surface area (Å²) in [4.78, 5) is 24.5. The Morgan fingerprint density at radius 3 is 2.03 bits per heavy atom. The van der Waals surface area contributed by atoms with Crippen LogP contribution in [-0.4, -0.2) is 32.1 Å². The van der Waals surface area contributed by atoms with Crippen molar-refractivity contribution < 1.29 is 9.59 Å². The van der Waals surface area contributed by atoms with Gasteiger partial charge in [0.05, 0.1) is 6.42 Å². The highest BCUT2D eigenvalue weighted by Gasteiger charge is 2.24. The smallest absolute Gasteiger partial charge is 0.229 e. The fourth-order valence-electron chi connectivity index (χ4n) is 4.36. The van der Waals surface area contributed by atoms with Crippen LogP contribution in [0.2, 0.25) is 0 Å². The van der Waals surface area contributed by atoms with E-state index < -0.39 is 0 Å². The zero-order valence-electron chi connectivity index (χ0n) is 17.3. The van der Waals surface area contributed by atoms with Gasteiger partial charge in [0.25, 0.3) is 0 Å². The van der Waals surface area contributed by atoms with E-state index >= 15 is 0 Å². The number of Topliss-reactive ketones (excluding diaryl/α,β-unsaturated/α-hetero) is 1. The SMILES string of the molecule is O=C(Cc1nnc(CCCCc2nnc(NC(=O)C3CCCC3)s2)s1)C1CCCC1. The average Bonchev–Trinajstić information content (AvgIpc) is 3.54. The second-order valence-electron chi connectivity index (χ2n) is 8.39. The van der Waals surface area contributed by atoms with E-state index in [1.165, 1.54) is 24.2 Å². The third kappa shape index (κ3) is 5.91. The topological polar surface area (TPSA) is 97.7 Å². The molecule has 0 aliphatic heterocycles. The van der Waals surface area contributed by atoms with Gasteiger partial charge in [0.15, 0.2) is 0 Å². The van der Waals surface area contributed by atoms with Gasteiger partial charge >= 0.3 is 0 Å². The Kier molecular flexibility index (Phi) is 7.54. The number of hydrogen-bond acceptors (Lipinski definition) is 8. The Bertz CT molecular complexity index is 783. The largest absolute Gasteiger partial charge is 0.300 e. The quantitative estimate of drug-likeness (QED) is 0.543. The molecule has 0 unspecified atom stereocenters. The lowest BCUT2D eigenvalue weighted by atomic mass is 10.0. The maximum atomic E-state index is 12.3. The number of nitrogens with zero attached hydrogens (tertiary/aromatic N) is 4. The molecule has 7 nitrogen and oxygen atoms in total. The van der Waals surface area contributed by atoms with Gasteiger partial charge in [-0.15, -0.1) is 31.7 Å². The van der Waals surface area contributed by atoms with E-state index in [9.17, 15) is 9.59 Å². The van der Waals surface area contributed by atoms with E-state index in [2.05, 4.69) is 25.7 Å². The van der Waals surface area contributed by atoms with Crippen molar-refractivity contribution in [2.75, 3.05) is 5.32 Å². The number of rotatable bonds is 10. The van der Waals surface area contributed by atoms with Crippen molar-refractivity contribution in [1.82, 2.24) is 20.4 Å². The lowest BCUT2D eigenvalue weighted by Gasteiger charge is -2.06. The second-order valence-corrected chi connectivity index (χ2v) is 10.6. The molecule has 2 fully saturated rings. The van der Waals surface area contributed by atoms with Gasteiger partial charge in [0, 0.05) is 24.7 Å². The van der Waals surface area contributed by atoms with Gasteiger partial charge in [-0.1, -0.05) is 37.0 Å². The first kappa shape index (κ1) is 21.5. The molecule has 162 valence electrons. The van der Waals surface area contributed by atoms with Crippen LogP contribution in [-0.2, 0) is 28.9 Å². The van der Waals surface area contributed by atoms with Crippen LogP contribution in [0, 0.1) is 11.8 Å². The molecule has 4 rings (SSSR count). The molecule has 0 spiro atoms. The number of amides is 1. The average molecular weight is 448 g/mol. The summed E-state index contributed by atoms with van der Waals surface area (Å²) in [5, 5.41) is 23.1. The molecular formula is C21H29N5O2S2. The number of carbonyl (C=O) groups is 2. The minimum Gasteiger partial charge on any atom is -0.300 e. The molecule has 2 aromatic heterocycles. The molecule has 2 heterocycles. The summed E-state index contributed by atoms with van der Waals surface area (Å²) >= 11 is 3.05. The highest BCUT2D eigenvalue weighted by molar-refractivity contribution is 7.15. The highest BCUT2D eigenvalue weighted by atomic mass is 32.1. The van der Waals surface area contributed by atoms with E-state index in [0.29, 0.717) is 17.3 Å². The Balaban J connectivity index is 1.15. The molecule has 2 aromatic rings. The Morgan fingerprint density at radius 1 is 0.767 bits per heavy atom. The number of aryl methyl sites for hydroxylation is 2. The maximum Gasteiger partial charge on any atom is 0.229 e. The van der Waals surface area contributed by atoms with Gasteiger partial charge in [0.2, 0.25) is 11.0 Å². The summed E-state index contributed by atoms with van der Waals surface area (Å²) in [6.45, 7) is 0. The minimum atomic E-state index is 0.0914. The summed E-state index contributed by atoms with van der Waals surface area (Å²) in [5.41, 5.74) is 0. The van der Waals surface area contributed by atoms with Gasteiger partial charge in [0.1, 0.15) is 20.8 Å². The summed E-state index contributed by atoms with van der Waals surface area (Å²) in [6.07, 6.45) is 12.9. The zero-order chi connectivity index (χ0) is 20.8. The Labute approximate surface area is 185 Å². The van der Waals surface area contributed by atoms with Crippen LogP contribution in [0.15, 0.2) is 0 Å². The monoisotopic (exact) mass is 447 g/mol. The standard InChI is InChI=1S/C21H29N5O2S2/c27-16(14-7-1-2-8-14)13-19-25-23-17(29-19)11-5-6-12-18-24-26-21(30-18)22-20(28)15-9-3-4-10-15/h14-15H,1-13H2,(H,22,26,28). The lowest BCUT2D eigenvalue weighted by molar-refractivity contribution is -0.122. The molecule has 0 aromatic carbocycles. The predicted octanol–water partition coefficient (Wildman–Crippen LogP) is 4.39. The molecule has 2 aliphatic carbocycles. The predicted molar refractivity (Wildman–Crippen MR) is 118 cm³/mol. The van der Waals surface area contributed by atoms with E-state index in [1.54, 1.807) is 11.3 Å². The van der Waals surface area contributed by atoms with Gasteiger partial charge in [-0.05, 0) is 38.5 Å². The number of anilines is 1. The number of nitrogens with one attached hydrogen (secondary N) is 1.